The summed E-state index contributed by atoms with van der Waals surface area (Å²) >= 11 is 9.40. The van der Waals surface area contributed by atoms with Crippen LogP contribution in [-0.2, 0) is 9.59 Å². The van der Waals surface area contributed by atoms with Gasteiger partial charge in [0, 0.05) is 10.2 Å². The fraction of sp³-hybridized carbons (Fsp3) is 0.429. The summed E-state index contributed by atoms with van der Waals surface area (Å²) in [6.45, 7) is 1.86. The standard InChI is InChI=1S/C14H14BrClN2O2/c1-14(8-2-3-8)13(20)18(7-12(19)17-14)9-4-5-10(15)11(16)6-9/h4-6,8H,2-3,7H2,1H3,(H,17,19). The molecule has 6 heteroatoms. The number of benzene rings is 1. The Kier molecular flexibility index (Phi) is 3.29. The number of hydrogen-bond donors (Lipinski definition) is 1. The fourth-order valence-electron chi connectivity index (χ4n) is 2.68. The van der Waals surface area contributed by atoms with Crippen LogP contribution < -0.4 is 10.2 Å². The Bertz CT molecular complexity index is 603. The van der Waals surface area contributed by atoms with Crippen molar-refractivity contribution in [3.63, 3.8) is 0 Å². The summed E-state index contributed by atoms with van der Waals surface area (Å²) in [5, 5.41) is 3.38. The van der Waals surface area contributed by atoms with Crippen LogP contribution in [0.3, 0.4) is 0 Å². The van der Waals surface area contributed by atoms with Crippen molar-refractivity contribution in [2.75, 3.05) is 11.4 Å². The van der Waals surface area contributed by atoms with Gasteiger partial charge in [-0.2, -0.15) is 0 Å². The fourth-order valence-corrected chi connectivity index (χ4v) is 3.10. The van der Waals surface area contributed by atoms with E-state index in [1.54, 1.807) is 18.2 Å². The summed E-state index contributed by atoms with van der Waals surface area (Å²) in [7, 11) is 0. The third kappa shape index (κ3) is 2.23. The quantitative estimate of drug-likeness (QED) is 0.885. The summed E-state index contributed by atoms with van der Waals surface area (Å²) in [6, 6.07) is 5.28. The maximum atomic E-state index is 12.7. The molecule has 3 rings (SSSR count). The van der Waals surface area contributed by atoms with Gasteiger partial charge in [0.05, 0.1) is 5.02 Å². The SMILES string of the molecule is CC1(C2CC2)NC(=O)CN(c2ccc(Br)c(Cl)c2)C1=O. The zero-order valence-corrected chi connectivity index (χ0v) is 13.3. The highest BCUT2D eigenvalue weighted by atomic mass is 79.9. The Morgan fingerprint density at radius 3 is 2.70 bits per heavy atom. The maximum absolute atomic E-state index is 12.7. The molecule has 1 heterocycles. The van der Waals surface area contributed by atoms with Gasteiger partial charge in [-0.25, -0.2) is 0 Å². The summed E-state index contributed by atoms with van der Waals surface area (Å²) in [5.74, 6) is 0.0590. The molecule has 1 atom stereocenters. The van der Waals surface area contributed by atoms with Gasteiger partial charge >= 0.3 is 0 Å². The van der Waals surface area contributed by atoms with Crippen LogP contribution in [0.2, 0.25) is 5.02 Å². The van der Waals surface area contributed by atoms with Crippen LogP contribution >= 0.6 is 27.5 Å². The molecule has 2 aliphatic rings. The number of piperazine rings is 1. The second-order valence-corrected chi connectivity index (χ2v) is 6.78. The molecule has 2 amide bonds. The second-order valence-electron chi connectivity index (χ2n) is 5.51. The van der Waals surface area contributed by atoms with E-state index in [4.69, 9.17) is 11.6 Å². The van der Waals surface area contributed by atoms with Crippen molar-refractivity contribution in [3.05, 3.63) is 27.7 Å². The van der Waals surface area contributed by atoms with Gasteiger partial charge in [0.25, 0.3) is 5.91 Å². The molecule has 1 N–H and O–H groups in total. The number of amides is 2. The molecule has 0 bridgehead atoms. The summed E-state index contributed by atoms with van der Waals surface area (Å²) in [6.07, 6.45) is 1.97. The largest absolute Gasteiger partial charge is 0.340 e. The van der Waals surface area contributed by atoms with Crippen molar-refractivity contribution >= 4 is 45.0 Å². The molecule has 2 fully saturated rings. The normalized spacial score (nSPS) is 26.6. The van der Waals surface area contributed by atoms with Crippen LogP contribution in [0.1, 0.15) is 19.8 Å². The van der Waals surface area contributed by atoms with Gasteiger partial charge < -0.3 is 10.2 Å². The minimum absolute atomic E-state index is 0.0408. The second kappa shape index (κ2) is 4.74. The van der Waals surface area contributed by atoms with Crippen molar-refractivity contribution in [1.29, 1.82) is 0 Å². The predicted octanol–water partition coefficient (Wildman–Crippen LogP) is 2.73. The number of anilines is 1. The topological polar surface area (TPSA) is 49.4 Å². The van der Waals surface area contributed by atoms with Gasteiger partial charge in [0.2, 0.25) is 5.91 Å². The maximum Gasteiger partial charge on any atom is 0.253 e. The zero-order valence-electron chi connectivity index (χ0n) is 11.0. The molecule has 1 aromatic rings. The minimum Gasteiger partial charge on any atom is -0.340 e. The van der Waals surface area contributed by atoms with Gasteiger partial charge in [0.1, 0.15) is 12.1 Å². The van der Waals surface area contributed by atoms with Gasteiger partial charge in [-0.3, -0.25) is 9.59 Å². The smallest absolute Gasteiger partial charge is 0.253 e. The molecule has 4 nitrogen and oxygen atoms in total. The van der Waals surface area contributed by atoms with Gasteiger partial charge in [-0.05, 0) is 59.8 Å². The molecular formula is C14H14BrClN2O2. The molecule has 20 heavy (non-hydrogen) atoms. The van der Waals surface area contributed by atoms with E-state index in [2.05, 4.69) is 21.2 Å². The van der Waals surface area contributed by atoms with E-state index in [1.165, 1.54) is 4.90 Å². The highest BCUT2D eigenvalue weighted by Crippen LogP contribution is 2.42. The molecule has 0 spiro atoms. The van der Waals surface area contributed by atoms with Crippen molar-refractivity contribution in [1.82, 2.24) is 5.32 Å². The van der Waals surface area contributed by atoms with Crippen LogP contribution in [0, 0.1) is 5.92 Å². The van der Waals surface area contributed by atoms with Gasteiger partial charge in [-0.1, -0.05) is 11.6 Å². The van der Waals surface area contributed by atoms with E-state index in [1.807, 2.05) is 6.92 Å². The van der Waals surface area contributed by atoms with Crippen molar-refractivity contribution in [2.24, 2.45) is 5.92 Å². The first-order valence-electron chi connectivity index (χ1n) is 6.50. The zero-order chi connectivity index (χ0) is 14.5. The molecule has 1 aromatic carbocycles. The number of carbonyl (C=O) groups excluding carboxylic acids is 2. The van der Waals surface area contributed by atoms with E-state index >= 15 is 0 Å². The molecule has 1 aliphatic heterocycles. The third-order valence-electron chi connectivity index (χ3n) is 4.00. The lowest BCUT2D eigenvalue weighted by Crippen LogP contribution is -2.66. The van der Waals surface area contributed by atoms with Crippen molar-refractivity contribution in [2.45, 2.75) is 25.3 Å². The Hall–Kier alpha value is -1.07. The Balaban J connectivity index is 1.97. The Morgan fingerprint density at radius 1 is 1.40 bits per heavy atom. The van der Waals surface area contributed by atoms with Crippen molar-refractivity contribution in [3.8, 4) is 0 Å². The van der Waals surface area contributed by atoms with Crippen LogP contribution in [0.25, 0.3) is 0 Å². The third-order valence-corrected chi connectivity index (χ3v) is 5.23. The average molecular weight is 358 g/mol. The van der Waals surface area contributed by atoms with Crippen LogP contribution in [-0.4, -0.2) is 23.9 Å². The molecule has 1 unspecified atom stereocenters. The molecule has 106 valence electrons. The number of halogens is 2. The molecule has 1 saturated heterocycles. The molecular weight excluding hydrogens is 344 g/mol. The Morgan fingerprint density at radius 2 is 2.10 bits per heavy atom. The van der Waals surface area contributed by atoms with E-state index < -0.39 is 5.54 Å². The van der Waals surface area contributed by atoms with Gasteiger partial charge in [-0.15, -0.1) is 0 Å². The number of hydrogen-bond acceptors (Lipinski definition) is 2. The lowest BCUT2D eigenvalue weighted by Gasteiger charge is -2.40. The highest BCUT2D eigenvalue weighted by Gasteiger charge is 2.52. The highest BCUT2D eigenvalue weighted by molar-refractivity contribution is 9.10. The summed E-state index contributed by atoms with van der Waals surface area (Å²) in [5.41, 5.74) is -0.126. The van der Waals surface area contributed by atoms with E-state index in [0.717, 1.165) is 17.3 Å². The summed E-state index contributed by atoms with van der Waals surface area (Å²) < 4.78 is 0.766. The number of rotatable bonds is 2. The van der Waals surface area contributed by atoms with Crippen LogP contribution in [0.4, 0.5) is 5.69 Å². The van der Waals surface area contributed by atoms with Crippen molar-refractivity contribution < 1.29 is 9.59 Å². The first-order chi connectivity index (χ1) is 9.41. The number of carbonyl (C=O) groups is 2. The molecule has 1 saturated carbocycles. The number of nitrogens with one attached hydrogen (secondary N) is 1. The Labute approximate surface area is 130 Å². The molecule has 0 radical (unpaired) electrons. The summed E-state index contributed by atoms with van der Waals surface area (Å²) in [4.78, 5) is 26.2. The lowest BCUT2D eigenvalue weighted by molar-refractivity contribution is -0.136. The minimum atomic E-state index is -0.783. The molecule has 1 aliphatic carbocycles. The number of nitrogens with zero attached hydrogens (tertiary/aromatic N) is 1. The molecule has 0 aromatic heterocycles. The monoisotopic (exact) mass is 356 g/mol. The first-order valence-corrected chi connectivity index (χ1v) is 7.67. The average Bonchev–Trinajstić information content (AvgIpc) is 3.22. The lowest BCUT2D eigenvalue weighted by atomic mass is 9.91. The van der Waals surface area contributed by atoms with Crippen LogP contribution in [0.15, 0.2) is 22.7 Å². The van der Waals surface area contributed by atoms with E-state index in [0.29, 0.717) is 10.7 Å². The first kappa shape index (κ1) is 13.9. The van der Waals surface area contributed by atoms with Crippen LogP contribution in [0.5, 0.6) is 0 Å². The van der Waals surface area contributed by atoms with Gasteiger partial charge in [0.15, 0.2) is 0 Å². The van der Waals surface area contributed by atoms with E-state index in [-0.39, 0.29) is 24.3 Å². The van der Waals surface area contributed by atoms with E-state index in [9.17, 15) is 9.59 Å². The predicted molar refractivity (Wildman–Crippen MR) is 80.8 cm³/mol.